The summed E-state index contributed by atoms with van der Waals surface area (Å²) < 4.78 is 12.8. The molecule has 2 rings (SSSR count). The van der Waals surface area contributed by atoms with Gasteiger partial charge >= 0.3 is 0 Å². The van der Waals surface area contributed by atoms with Gasteiger partial charge in [0, 0.05) is 11.3 Å². The molecular formula is C14H10Cl2FN3S. The smallest absolute Gasteiger partial charge is 0.191 e. The normalized spacial score (nSPS) is 10.6. The number of benzene rings is 2. The van der Waals surface area contributed by atoms with E-state index in [2.05, 4.69) is 15.8 Å². The Hall–Kier alpha value is -1.69. The third kappa shape index (κ3) is 4.67. The van der Waals surface area contributed by atoms with Crippen molar-refractivity contribution in [2.45, 2.75) is 0 Å². The van der Waals surface area contributed by atoms with Crippen molar-refractivity contribution < 1.29 is 4.39 Å². The van der Waals surface area contributed by atoms with Crippen LogP contribution in [0.15, 0.2) is 47.6 Å². The number of nitrogens with zero attached hydrogens (tertiary/aromatic N) is 1. The average Bonchev–Trinajstić information content (AvgIpc) is 2.46. The maximum Gasteiger partial charge on any atom is 0.191 e. The summed E-state index contributed by atoms with van der Waals surface area (Å²) in [5.74, 6) is -0.312. The molecule has 0 bridgehead atoms. The van der Waals surface area contributed by atoms with Gasteiger partial charge in [0.1, 0.15) is 5.82 Å². The lowest BCUT2D eigenvalue weighted by atomic mass is 10.2. The predicted octanol–water partition coefficient (Wildman–Crippen LogP) is 4.45. The van der Waals surface area contributed by atoms with E-state index in [0.29, 0.717) is 21.3 Å². The minimum atomic E-state index is -0.312. The second-order valence-electron chi connectivity index (χ2n) is 3.97. The number of anilines is 1. The Morgan fingerprint density at radius 2 is 1.86 bits per heavy atom. The number of hydrogen-bond acceptors (Lipinski definition) is 2. The lowest BCUT2D eigenvalue weighted by Gasteiger charge is -2.06. The summed E-state index contributed by atoms with van der Waals surface area (Å²) in [5, 5.41) is 7.97. The van der Waals surface area contributed by atoms with E-state index < -0.39 is 0 Å². The second-order valence-corrected chi connectivity index (χ2v) is 5.17. The first-order chi connectivity index (χ1) is 10.1. The molecule has 108 valence electrons. The molecule has 0 aliphatic heterocycles. The van der Waals surface area contributed by atoms with E-state index in [4.69, 9.17) is 35.4 Å². The van der Waals surface area contributed by atoms with Crippen molar-refractivity contribution in [1.82, 2.24) is 5.43 Å². The van der Waals surface area contributed by atoms with Gasteiger partial charge in [-0.25, -0.2) is 4.39 Å². The molecule has 0 fully saturated rings. The topological polar surface area (TPSA) is 36.4 Å². The van der Waals surface area contributed by atoms with Crippen molar-refractivity contribution in [3.05, 3.63) is 63.9 Å². The van der Waals surface area contributed by atoms with Crippen molar-refractivity contribution in [2.24, 2.45) is 5.10 Å². The van der Waals surface area contributed by atoms with Gasteiger partial charge in [-0.2, -0.15) is 5.10 Å². The van der Waals surface area contributed by atoms with Gasteiger partial charge in [0.15, 0.2) is 5.11 Å². The summed E-state index contributed by atoms with van der Waals surface area (Å²) in [6, 6.07) is 11.0. The zero-order valence-electron chi connectivity index (χ0n) is 10.6. The van der Waals surface area contributed by atoms with Gasteiger partial charge in [-0.05, 0) is 42.5 Å². The van der Waals surface area contributed by atoms with E-state index in [1.807, 2.05) is 0 Å². The molecule has 2 aromatic carbocycles. The summed E-state index contributed by atoms with van der Waals surface area (Å²) >= 11 is 17.0. The van der Waals surface area contributed by atoms with E-state index in [0.717, 1.165) is 0 Å². The van der Waals surface area contributed by atoms with Crippen molar-refractivity contribution in [2.75, 3.05) is 5.32 Å². The van der Waals surface area contributed by atoms with Crippen molar-refractivity contribution in [3.63, 3.8) is 0 Å². The van der Waals surface area contributed by atoms with Gasteiger partial charge in [0.25, 0.3) is 0 Å². The number of hydrazone groups is 1. The Kier molecular flexibility index (Phi) is 5.50. The van der Waals surface area contributed by atoms with E-state index in [1.54, 1.807) is 30.3 Å². The molecule has 21 heavy (non-hydrogen) atoms. The monoisotopic (exact) mass is 341 g/mol. The van der Waals surface area contributed by atoms with Gasteiger partial charge in [-0.3, -0.25) is 5.43 Å². The van der Waals surface area contributed by atoms with Crippen LogP contribution >= 0.6 is 35.4 Å². The first-order valence-corrected chi connectivity index (χ1v) is 7.02. The van der Waals surface area contributed by atoms with Crippen LogP contribution in [-0.2, 0) is 0 Å². The molecule has 0 saturated carbocycles. The van der Waals surface area contributed by atoms with Crippen LogP contribution in [0.25, 0.3) is 0 Å². The molecule has 3 nitrogen and oxygen atoms in total. The number of thiocarbonyl (C=S) groups is 1. The quantitative estimate of drug-likeness (QED) is 0.491. The highest BCUT2D eigenvalue weighted by atomic mass is 35.5. The molecular weight excluding hydrogens is 332 g/mol. The number of rotatable bonds is 3. The highest BCUT2D eigenvalue weighted by molar-refractivity contribution is 7.80. The fourth-order valence-electron chi connectivity index (χ4n) is 1.47. The Labute approximate surface area is 136 Å². The van der Waals surface area contributed by atoms with E-state index >= 15 is 0 Å². The van der Waals surface area contributed by atoms with Crippen LogP contribution in [0.3, 0.4) is 0 Å². The van der Waals surface area contributed by atoms with Gasteiger partial charge in [0.2, 0.25) is 0 Å². The molecule has 0 aliphatic rings. The first-order valence-electron chi connectivity index (χ1n) is 5.86. The van der Waals surface area contributed by atoms with Crippen LogP contribution in [-0.4, -0.2) is 11.3 Å². The molecule has 0 atom stereocenters. The summed E-state index contributed by atoms with van der Waals surface area (Å²) in [5.41, 5.74) is 3.96. The fourth-order valence-corrected chi connectivity index (χ4v) is 2.00. The van der Waals surface area contributed by atoms with Crippen molar-refractivity contribution in [3.8, 4) is 0 Å². The number of nitrogens with one attached hydrogen (secondary N) is 2. The standard InChI is InChI=1S/C14H10Cl2FN3S/c15-12-3-1-2-9(13(12)16)8-18-20-14(21)19-11-6-4-10(17)5-7-11/h1-8H,(H2,19,20,21)/b18-8-. The van der Waals surface area contributed by atoms with Crippen LogP contribution in [0.2, 0.25) is 10.0 Å². The van der Waals surface area contributed by atoms with Crippen LogP contribution in [0.1, 0.15) is 5.56 Å². The fraction of sp³-hybridized carbons (Fsp3) is 0. The molecule has 0 saturated heterocycles. The summed E-state index contributed by atoms with van der Waals surface area (Å²) in [7, 11) is 0. The van der Waals surface area contributed by atoms with Gasteiger partial charge in [-0.1, -0.05) is 35.3 Å². The van der Waals surface area contributed by atoms with E-state index in [-0.39, 0.29) is 10.9 Å². The Morgan fingerprint density at radius 1 is 1.14 bits per heavy atom. The number of halogens is 3. The molecule has 0 heterocycles. The average molecular weight is 342 g/mol. The molecule has 0 aromatic heterocycles. The molecule has 0 spiro atoms. The molecule has 0 aliphatic carbocycles. The maximum atomic E-state index is 12.8. The Bertz CT molecular complexity index is 674. The van der Waals surface area contributed by atoms with Gasteiger partial charge in [-0.15, -0.1) is 0 Å². The molecule has 0 amide bonds. The Morgan fingerprint density at radius 3 is 2.57 bits per heavy atom. The van der Waals surface area contributed by atoms with Crippen LogP contribution in [0, 0.1) is 5.82 Å². The minimum Gasteiger partial charge on any atom is -0.331 e. The van der Waals surface area contributed by atoms with Gasteiger partial charge < -0.3 is 5.32 Å². The lowest BCUT2D eigenvalue weighted by Crippen LogP contribution is -2.23. The van der Waals surface area contributed by atoms with Crippen LogP contribution in [0.4, 0.5) is 10.1 Å². The lowest BCUT2D eigenvalue weighted by molar-refractivity contribution is 0.628. The van der Waals surface area contributed by atoms with Crippen LogP contribution in [0.5, 0.6) is 0 Å². The first kappa shape index (κ1) is 15.7. The van der Waals surface area contributed by atoms with E-state index in [1.165, 1.54) is 18.3 Å². The Balaban J connectivity index is 1.93. The molecule has 2 N–H and O–H groups in total. The maximum absolute atomic E-state index is 12.8. The predicted molar refractivity (Wildman–Crippen MR) is 89.8 cm³/mol. The summed E-state index contributed by atoms with van der Waals surface area (Å²) in [4.78, 5) is 0. The second kappa shape index (κ2) is 7.36. The highest BCUT2D eigenvalue weighted by Gasteiger charge is 2.01. The van der Waals surface area contributed by atoms with Gasteiger partial charge in [0.05, 0.1) is 16.3 Å². The molecule has 0 unspecified atom stereocenters. The van der Waals surface area contributed by atoms with Crippen molar-refractivity contribution >= 4 is 52.4 Å². The molecule has 7 heteroatoms. The number of hydrogen-bond donors (Lipinski definition) is 2. The third-order valence-corrected chi connectivity index (χ3v) is 3.48. The van der Waals surface area contributed by atoms with E-state index in [9.17, 15) is 4.39 Å². The minimum absolute atomic E-state index is 0.274. The van der Waals surface area contributed by atoms with Crippen molar-refractivity contribution in [1.29, 1.82) is 0 Å². The van der Waals surface area contributed by atoms with Crippen LogP contribution < -0.4 is 10.7 Å². The SMILES string of the molecule is Fc1ccc(NC(=S)N/N=C\c2cccc(Cl)c2Cl)cc1. The highest BCUT2D eigenvalue weighted by Crippen LogP contribution is 2.24. The zero-order chi connectivity index (χ0) is 15.2. The summed E-state index contributed by atoms with van der Waals surface area (Å²) in [6.45, 7) is 0. The molecule has 2 aromatic rings. The molecule has 0 radical (unpaired) electrons. The zero-order valence-corrected chi connectivity index (χ0v) is 12.9. The summed E-state index contributed by atoms with van der Waals surface area (Å²) in [6.07, 6.45) is 1.51. The largest absolute Gasteiger partial charge is 0.331 e. The third-order valence-electron chi connectivity index (χ3n) is 2.45.